The topological polar surface area (TPSA) is 9.23 Å². The van der Waals surface area contributed by atoms with Gasteiger partial charge in [-0.2, -0.15) is 0 Å². The summed E-state index contributed by atoms with van der Waals surface area (Å²) in [7, 11) is 1.84. The summed E-state index contributed by atoms with van der Waals surface area (Å²) >= 11 is 0. The van der Waals surface area contributed by atoms with Gasteiger partial charge in [0.2, 0.25) is 0 Å². The van der Waals surface area contributed by atoms with E-state index in [2.05, 4.69) is 30.3 Å². The summed E-state index contributed by atoms with van der Waals surface area (Å²) in [4.78, 5) is 0. The third-order valence-corrected chi connectivity index (χ3v) is 3.23. The van der Waals surface area contributed by atoms with Crippen molar-refractivity contribution in [2.24, 2.45) is 0 Å². The lowest BCUT2D eigenvalue weighted by atomic mass is 9.82. The number of benzene rings is 1. The minimum absolute atomic E-state index is 0.436. The molecule has 0 aromatic heterocycles. The Labute approximate surface area is 86.1 Å². The molecule has 1 nitrogen and oxygen atoms in total. The van der Waals surface area contributed by atoms with Crippen LogP contribution < -0.4 is 0 Å². The van der Waals surface area contributed by atoms with Crippen molar-refractivity contribution in [3.63, 3.8) is 0 Å². The van der Waals surface area contributed by atoms with E-state index in [9.17, 15) is 0 Å². The highest BCUT2D eigenvalue weighted by atomic mass is 16.5. The molecule has 1 aliphatic carbocycles. The Hall–Kier alpha value is -0.820. The third kappa shape index (κ3) is 1.98. The lowest BCUT2D eigenvalue weighted by molar-refractivity contribution is 0.0523. The average Bonchev–Trinajstić information content (AvgIpc) is 2.30. The van der Waals surface area contributed by atoms with E-state index in [0.29, 0.717) is 12.0 Å². The van der Waals surface area contributed by atoms with E-state index in [4.69, 9.17) is 4.74 Å². The van der Waals surface area contributed by atoms with E-state index in [-0.39, 0.29) is 0 Å². The molecule has 0 radical (unpaired) electrons. The van der Waals surface area contributed by atoms with Gasteiger partial charge in [0.25, 0.3) is 0 Å². The minimum atomic E-state index is 0.436. The van der Waals surface area contributed by atoms with Crippen LogP contribution in [0.3, 0.4) is 0 Å². The van der Waals surface area contributed by atoms with Crippen molar-refractivity contribution in [3.05, 3.63) is 35.9 Å². The van der Waals surface area contributed by atoms with E-state index in [0.717, 1.165) is 0 Å². The maximum absolute atomic E-state index is 5.56. The second-order valence-electron chi connectivity index (χ2n) is 4.08. The molecule has 2 atom stereocenters. The summed E-state index contributed by atoms with van der Waals surface area (Å²) in [6, 6.07) is 10.8. The van der Waals surface area contributed by atoms with Gasteiger partial charge in [0.1, 0.15) is 0 Å². The quantitative estimate of drug-likeness (QED) is 0.695. The smallest absolute Gasteiger partial charge is 0.0639 e. The van der Waals surface area contributed by atoms with Crippen LogP contribution in [0, 0.1) is 0 Å². The molecular weight excluding hydrogens is 172 g/mol. The van der Waals surface area contributed by atoms with E-state index in [1.807, 2.05) is 7.11 Å². The molecule has 0 heterocycles. The first-order valence-corrected chi connectivity index (χ1v) is 5.49. The van der Waals surface area contributed by atoms with Gasteiger partial charge in [-0.15, -0.1) is 0 Å². The second kappa shape index (κ2) is 4.61. The maximum Gasteiger partial charge on any atom is 0.0639 e. The molecule has 0 spiro atoms. The fourth-order valence-corrected chi connectivity index (χ4v) is 2.46. The largest absolute Gasteiger partial charge is 0.381 e. The Kier molecular flexibility index (Phi) is 3.20. The van der Waals surface area contributed by atoms with Gasteiger partial charge in [0, 0.05) is 13.0 Å². The van der Waals surface area contributed by atoms with Gasteiger partial charge in [0.15, 0.2) is 0 Å². The summed E-state index contributed by atoms with van der Waals surface area (Å²) < 4.78 is 5.56. The Balaban J connectivity index is 2.15. The zero-order valence-corrected chi connectivity index (χ0v) is 8.78. The van der Waals surface area contributed by atoms with Crippen LogP contribution in [0.2, 0.25) is 0 Å². The molecule has 14 heavy (non-hydrogen) atoms. The molecule has 1 aromatic rings. The summed E-state index contributed by atoms with van der Waals surface area (Å²) in [6.45, 7) is 0. The second-order valence-corrected chi connectivity index (χ2v) is 4.08. The van der Waals surface area contributed by atoms with Gasteiger partial charge in [0.05, 0.1) is 6.10 Å². The van der Waals surface area contributed by atoms with Crippen LogP contribution in [-0.4, -0.2) is 13.2 Å². The van der Waals surface area contributed by atoms with Gasteiger partial charge < -0.3 is 4.74 Å². The summed E-state index contributed by atoms with van der Waals surface area (Å²) in [5.74, 6) is 0.620. The van der Waals surface area contributed by atoms with Crippen LogP contribution in [0.4, 0.5) is 0 Å². The molecule has 2 rings (SSSR count). The Morgan fingerprint density at radius 3 is 2.50 bits per heavy atom. The number of hydrogen-bond donors (Lipinski definition) is 0. The molecule has 0 unspecified atom stereocenters. The molecule has 1 aliphatic rings. The van der Waals surface area contributed by atoms with Gasteiger partial charge in [-0.1, -0.05) is 43.2 Å². The van der Waals surface area contributed by atoms with Crippen LogP contribution in [0.5, 0.6) is 0 Å². The van der Waals surface area contributed by atoms with E-state index < -0.39 is 0 Å². The number of rotatable bonds is 2. The van der Waals surface area contributed by atoms with Crippen molar-refractivity contribution >= 4 is 0 Å². The van der Waals surface area contributed by atoms with Crippen molar-refractivity contribution in [2.45, 2.75) is 37.7 Å². The lowest BCUT2D eigenvalue weighted by Gasteiger charge is -2.30. The third-order valence-electron chi connectivity index (χ3n) is 3.23. The van der Waals surface area contributed by atoms with Gasteiger partial charge in [-0.05, 0) is 18.4 Å². The van der Waals surface area contributed by atoms with Crippen LogP contribution in [-0.2, 0) is 4.74 Å². The van der Waals surface area contributed by atoms with E-state index in [1.54, 1.807) is 0 Å². The number of hydrogen-bond acceptors (Lipinski definition) is 1. The molecular formula is C13H18O. The van der Waals surface area contributed by atoms with Gasteiger partial charge in [-0.3, -0.25) is 0 Å². The Bertz CT molecular complexity index is 268. The predicted octanol–water partition coefficient (Wildman–Crippen LogP) is 3.36. The first-order valence-electron chi connectivity index (χ1n) is 5.49. The summed E-state index contributed by atoms with van der Waals surface area (Å²) in [5.41, 5.74) is 1.44. The first-order chi connectivity index (χ1) is 6.92. The van der Waals surface area contributed by atoms with Gasteiger partial charge in [-0.25, -0.2) is 0 Å². The summed E-state index contributed by atoms with van der Waals surface area (Å²) in [6.07, 6.45) is 5.60. The standard InChI is InChI=1S/C13H18O/c1-14-13-10-6-5-9-12(13)11-7-3-2-4-8-11/h2-4,7-8,12-13H,5-6,9-10H2,1H3/t12-,13-/m0/s1. The molecule has 76 valence electrons. The van der Waals surface area contributed by atoms with Crippen LogP contribution in [0.25, 0.3) is 0 Å². The van der Waals surface area contributed by atoms with E-state index >= 15 is 0 Å². The molecule has 1 heteroatoms. The number of ether oxygens (including phenoxy) is 1. The molecule has 0 aliphatic heterocycles. The lowest BCUT2D eigenvalue weighted by Crippen LogP contribution is -2.24. The van der Waals surface area contributed by atoms with E-state index in [1.165, 1.54) is 31.2 Å². The highest BCUT2D eigenvalue weighted by Crippen LogP contribution is 2.34. The van der Waals surface area contributed by atoms with Crippen molar-refractivity contribution < 1.29 is 4.74 Å². The molecule has 1 aromatic carbocycles. The first kappa shape index (κ1) is 9.72. The summed E-state index contributed by atoms with van der Waals surface area (Å²) in [5, 5.41) is 0. The highest BCUT2D eigenvalue weighted by Gasteiger charge is 2.25. The van der Waals surface area contributed by atoms with Crippen molar-refractivity contribution in [1.29, 1.82) is 0 Å². The fourth-order valence-electron chi connectivity index (χ4n) is 2.46. The fraction of sp³-hybridized carbons (Fsp3) is 0.538. The highest BCUT2D eigenvalue weighted by molar-refractivity contribution is 5.21. The zero-order valence-electron chi connectivity index (χ0n) is 8.78. The maximum atomic E-state index is 5.56. The Morgan fingerprint density at radius 2 is 1.79 bits per heavy atom. The monoisotopic (exact) mass is 190 g/mol. The zero-order chi connectivity index (χ0) is 9.80. The molecule has 0 N–H and O–H groups in total. The van der Waals surface area contributed by atoms with Gasteiger partial charge >= 0.3 is 0 Å². The molecule has 0 amide bonds. The van der Waals surface area contributed by atoms with Crippen LogP contribution >= 0.6 is 0 Å². The SMILES string of the molecule is CO[C@H]1CCCC[C@H]1c1ccccc1. The normalized spacial score (nSPS) is 27.5. The minimum Gasteiger partial charge on any atom is -0.381 e. The molecule has 0 saturated heterocycles. The Morgan fingerprint density at radius 1 is 1.07 bits per heavy atom. The molecule has 1 saturated carbocycles. The van der Waals surface area contributed by atoms with Crippen molar-refractivity contribution in [2.75, 3.05) is 7.11 Å². The van der Waals surface area contributed by atoms with Crippen LogP contribution in [0.1, 0.15) is 37.2 Å². The molecule has 0 bridgehead atoms. The average molecular weight is 190 g/mol. The molecule has 1 fully saturated rings. The number of methoxy groups -OCH3 is 1. The van der Waals surface area contributed by atoms with Crippen molar-refractivity contribution in [3.8, 4) is 0 Å². The van der Waals surface area contributed by atoms with Crippen LogP contribution in [0.15, 0.2) is 30.3 Å². The predicted molar refractivity (Wildman–Crippen MR) is 58.4 cm³/mol. The van der Waals surface area contributed by atoms with Crippen molar-refractivity contribution in [1.82, 2.24) is 0 Å².